The van der Waals surface area contributed by atoms with E-state index in [2.05, 4.69) is 0 Å². The van der Waals surface area contributed by atoms with E-state index in [0.717, 1.165) is 44.1 Å². The second-order valence-corrected chi connectivity index (χ2v) is 7.63. The Balaban J connectivity index is 1.49. The number of amides is 1. The van der Waals surface area contributed by atoms with Gasteiger partial charge in [0.25, 0.3) is 0 Å². The Hall–Kier alpha value is -0.570. The van der Waals surface area contributed by atoms with Crippen molar-refractivity contribution in [3.8, 4) is 0 Å². The topological polar surface area (TPSA) is 46.3 Å². The molecule has 2 N–H and O–H groups in total. The molecule has 0 aromatic carbocycles. The first-order valence-corrected chi connectivity index (χ1v) is 8.64. The lowest BCUT2D eigenvalue weighted by atomic mass is 9.67. The smallest absolute Gasteiger partial charge is 0.225 e. The van der Waals surface area contributed by atoms with Crippen molar-refractivity contribution in [1.29, 1.82) is 0 Å². The van der Waals surface area contributed by atoms with E-state index >= 15 is 0 Å². The summed E-state index contributed by atoms with van der Waals surface area (Å²) in [5.74, 6) is 3.16. The van der Waals surface area contributed by atoms with Crippen LogP contribution in [0.2, 0.25) is 0 Å². The number of carbonyl (C=O) groups is 1. The monoisotopic (exact) mass is 278 g/mol. The first-order chi connectivity index (χ1) is 9.63. The largest absolute Gasteiger partial charge is 0.345 e. The van der Waals surface area contributed by atoms with Gasteiger partial charge in [-0.2, -0.15) is 0 Å². The van der Waals surface area contributed by atoms with Crippen LogP contribution in [0.3, 0.4) is 0 Å². The van der Waals surface area contributed by atoms with Crippen LogP contribution < -0.4 is 5.73 Å². The molecule has 3 nitrogen and oxygen atoms in total. The molecular weight excluding hydrogens is 248 g/mol. The maximum atomic E-state index is 12.6. The molecule has 0 spiro atoms. The van der Waals surface area contributed by atoms with E-state index in [1.165, 1.54) is 32.1 Å². The number of nitrogens with two attached hydrogens (primary N) is 1. The third kappa shape index (κ3) is 3.03. The summed E-state index contributed by atoms with van der Waals surface area (Å²) in [6.45, 7) is 0.928. The van der Waals surface area contributed by atoms with Crippen LogP contribution in [-0.4, -0.2) is 30.4 Å². The SMILES string of the molecule is CN(CC1CC(N)C1)C(=O)C1CCC2CCCCC2C1. The van der Waals surface area contributed by atoms with Crippen LogP contribution in [0.5, 0.6) is 0 Å². The van der Waals surface area contributed by atoms with Gasteiger partial charge < -0.3 is 10.6 Å². The predicted octanol–water partition coefficient (Wildman–Crippen LogP) is 2.79. The Morgan fingerprint density at radius 2 is 1.75 bits per heavy atom. The number of hydrogen-bond acceptors (Lipinski definition) is 2. The van der Waals surface area contributed by atoms with Crippen LogP contribution in [-0.2, 0) is 4.79 Å². The standard InChI is InChI=1S/C17H30N2O/c1-19(11-12-8-16(18)9-12)17(20)15-7-6-13-4-2-3-5-14(13)10-15/h12-16H,2-11,18H2,1H3. The first-order valence-electron chi connectivity index (χ1n) is 8.64. The molecule has 0 radical (unpaired) electrons. The molecule has 0 aromatic rings. The van der Waals surface area contributed by atoms with Crippen molar-refractivity contribution >= 4 is 5.91 Å². The van der Waals surface area contributed by atoms with E-state index in [9.17, 15) is 4.79 Å². The van der Waals surface area contributed by atoms with Crippen LogP contribution in [0.25, 0.3) is 0 Å². The zero-order chi connectivity index (χ0) is 14.1. The molecule has 0 saturated heterocycles. The molecule has 3 heteroatoms. The van der Waals surface area contributed by atoms with Gasteiger partial charge in [0, 0.05) is 25.6 Å². The maximum Gasteiger partial charge on any atom is 0.225 e. The molecule has 3 atom stereocenters. The van der Waals surface area contributed by atoms with E-state index in [0.29, 0.717) is 23.8 Å². The van der Waals surface area contributed by atoms with Crippen LogP contribution in [0.15, 0.2) is 0 Å². The normalized spacial score (nSPS) is 40.6. The number of fused-ring (bicyclic) bond motifs is 1. The van der Waals surface area contributed by atoms with Gasteiger partial charge in [0.05, 0.1) is 0 Å². The zero-order valence-electron chi connectivity index (χ0n) is 12.9. The van der Waals surface area contributed by atoms with E-state index in [-0.39, 0.29) is 0 Å². The number of nitrogens with zero attached hydrogens (tertiary/aromatic N) is 1. The van der Waals surface area contributed by atoms with E-state index < -0.39 is 0 Å². The molecule has 114 valence electrons. The van der Waals surface area contributed by atoms with Gasteiger partial charge in [-0.3, -0.25) is 4.79 Å². The fraction of sp³-hybridized carbons (Fsp3) is 0.941. The third-order valence-corrected chi connectivity index (χ3v) is 6.07. The Labute approximate surface area is 123 Å². The van der Waals surface area contributed by atoms with Gasteiger partial charge in [-0.05, 0) is 49.9 Å². The van der Waals surface area contributed by atoms with Crippen LogP contribution in [0.4, 0.5) is 0 Å². The summed E-state index contributed by atoms with van der Waals surface area (Å²) in [7, 11) is 2.00. The van der Waals surface area contributed by atoms with Gasteiger partial charge in [0.15, 0.2) is 0 Å². The van der Waals surface area contributed by atoms with Crippen molar-refractivity contribution < 1.29 is 4.79 Å². The Morgan fingerprint density at radius 1 is 1.05 bits per heavy atom. The fourth-order valence-corrected chi connectivity index (χ4v) is 4.82. The average molecular weight is 278 g/mol. The van der Waals surface area contributed by atoms with Gasteiger partial charge in [-0.1, -0.05) is 25.7 Å². The summed E-state index contributed by atoms with van der Waals surface area (Å²) in [4.78, 5) is 14.6. The highest BCUT2D eigenvalue weighted by atomic mass is 16.2. The molecule has 3 fully saturated rings. The highest BCUT2D eigenvalue weighted by molar-refractivity contribution is 5.78. The van der Waals surface area contributed by atoms with Crippen molar-refractivity contribution in [1.82, 2.24) is 4.90 Å². The molecule has 1 amide bonds. The second-order valence-electron chi connectivity index (χ2n) is 7.63. The summed E-state index contributed by atoms with van der Waals surface area (Å²) >= 11 is 0. The Morgan fingerprint density at radius 3 is 2.45 bits per heavy atom. The van der Waals surface area contributed by atoms with Gasteiger partial charge in [-0.25, -0.2) is 0 Å². The summed E-state index contributed by atoms with van der Waals surface area (Å²) in [5.41, 5.74) is 5.83. The molecule has 0 heterocycles. The Kier molecular flexibility index (Phi) is 4.34. The van der Waals surface area contributed by atoms with Crippen LogP contribution in [0, 0.1) is 23.7 Å². The highest BCUT2D eigenvalue weighted by Gasteiger charge is 2.37. The summed E-state index contributed by atoms with van der Waals surface area (Å²) in [6, 6.07) is 0.390. The van der Waals surface area contributed by atoms with Crippen molar-refractivity contribution in [2.45, 2.75) is 63.8 Å². The van der Waals surface area contributed by atoms with Gasteiger partial charge in [0.1, 0.15) is 0 Å². The molecule has 3 aliphatic carbocycles. The van der Waals surface area contributed by atoms with Gasteiger partial charge >= 0.3 is 0 Å². The molecule has 0 aromatic heterocycles. The molecule has 3 saturated carbocycles. The summed E-state index contributed by atoms with van der Waals surface area (Å²) in [6.07, 6.45) is 11.4. The minimum Gasteiger partial charge on any atom is -0.345 e. The van der Waals surface area contributed by atoms with Gasteiger partial charge in [0.2, 0.25) is 5.91 Å². The maximum absolute atomic E-state index is 12.6. The highest BCUT2D eigenvalue weighted by Crippen LogP contribution is 2.43. The minimum absolute atomic E-state index is 0.313. The van der Waals surface area contributed by atoms with Crippen molar-refractivity contribution in [3.05, 3.63) is 0 Å². The quantitative estimate of drug-likeness (QED) is 0.863. The molecule has 0 bridgehead atoms. The van der Waals surface area contributed by atoms with E-state index in [1.807, 2.05) is 11.9 Å². The zero-order valence-corrected chi connectivity index (χ0v) is 12.9. The number of rotatable bonds is 3. The average Bonchev–Trinajstić information content (AvgIpc) is 2.44. The molecule has 3 rings (SSSR count). The lowest BCUT2D eigenvalue weighted by molar-refractivity contribution is -0.137. The van der Waals surface area contributed by atoms with Crippen molar-refractivity contribution in [2.75, 3.05) is 13.6 Å². The third-order valence-electron chi connectivity index (χ3n) is 6.07. The second kappa shape index (κ2) is 6.05. The minimum atomic E-state index is 0.313. The van der Waals surface area contributed by atoms with Gasteiger partial charge in [-0.15, -0.1) is 0 Å². The lowest BCUT2D eigenvalue weighted by Crippen LogP contribution is -2.45. The molecule has 3 aliphatic rings. The predicted molar refractivity (Wildman–Crippen MR) is 81.1 cm³/mol. The van der Waals surface area contributed by atoms with E-state index in [4.69, 9.17) is 5.73 Å². The number of hydrogen-bond donors (Lipinski definition) is 1. The molecular formula is C17H30N2O. The molecule has 0 aliphatic heterocycles. The van der Waals surface area contributed by atoms with Crippen molar-refractivity contribution in [3.63, 3.8) is 0 Å². The number of carbonyl (C=O) groups excluding carboxylic acids is 1. The van der Waals surface area contributed by atoms with Crippen LogP contribution in [0.1, 0.15) is 57.8 Å². The van der Waals surface area contributed by atoms with Crippen LogP contribution >= 0.6 is 0 Å². The van der Waals surface area contributed by atoms with Crippen molar-refractivity contribution in [2.24, 2.45) is 29.4 Å². The summed E-state index contributed by atoms with van der Waals surface area (Å²) < 4.78 is 0. The first kappa shape index (κ1) is 14.4. The molecule has 3 unspecified atom stereocenters. The lowest BCUT2D eigenvalue weighted by Gasteiger charge is -2.41. The summed E-state index contributed by atoms with van der Waals surface area (Å²) in [5, 5.41) is 0. The fourth-order valence-electron chi connectivity index (χ4n) is 4.82. The Bertz CT molecular complexity index is 351. The van der Waals surface area contributed by atoms with E-state index in [1.54, 1.807) is 0 Å². The molecule has 20 heavy (non-hydrogen) atoms.